The molecular weight excluding hydrogens is 220 g/mol. The van der Waals surface area contributed by atoms with Gasteiger partial charge in [-0.2, -0.15) is 0 Å². The first-order chi connectivity index (χ1) is 7.95. The van der Waals surface area contributed by atoms with Crippen molar-refractivity contribution in [1.82, 2.24) is 0 Å². The van der Waals surface area contributed by atoms with Crippen LogP contribution in [0.15, 0.2) is 0 Å². The molecule has 0 amide bonds. The van der Waals surface area contributed by atoms with Crippen molar-refractivity contribution in [3.05, 3.63) is 0 Å². The van der Waals surface area contributed by atoms with Gasteiger partial charge < -0.3 is 18.9 Å². The molecule has 94 valence electrons. The van der Waals surface area contributed by atoms with E-state index in [2.05, 4.69) is 0 Å². The third kappa shape index (κ3) is 6.43. The van der Waals surface area contributed by atoms with E-state index in [1.165, 1.54) is 12.8 Å². The van der Waals surface area contributed by atoms with Crippen LogP contribution in [0.2, 0.25) is 0 Å². The van der Waals surface area contributed by atoms with E-state index in [0.717, 1.165) is 52.5 Å². The van der Waals surface area contributed by atoms with Gasteiger partial charge in [-0.15, -0.1) is 0 Å². The van der Waals surface area contributed by atoms with Crippen LogP contribution in [0.25, 0.3) is 0 Å². The van der Waals surface area contributed by atoms with Crippen LogP contribution in [0.4, 0.5) is 0 Å². The predicted molar refractivity (Wildman–Crippen MR) is 59.6 cm³/mol. The number of ether oxygens (including phenoxy) is 4. The van der Waals surface area contributed by atoms with Crippen molar-refractivity contribution in [3.63, 3.8) is 0 Å². The monoisotopic (exact) mass is 242 g/mol. The van der Waals surface area contributed by atoms with Crippen molar-refractivity contribution in [2.45, 2.75) is 37.9 Å². The molecule has 0 aromatic carbocycles. The molecule has 2 unspecified atom stereocenters. The van der Waals surface area contributed by atoms with Crippen molar-refractivity contribution >= 4 is 0 Å². The lowest BCUT2D eigenvalue weighted by molar-refractivity contribution is 0.105. The van der Waals surface area contributed by atoms with Crippen molar-refractivity contribution in [2.24, 2.45) is 0 Å². The smallest absolute Gasteiger partial charge is 0.104 e. The molecule has 0 spiro atoms. The molecule has 0 radical (unpaired) electrons. The molecule has 2 saturated heterocycles. The number of epoxide rings is 2. The van der Waals surface area contributed by atoms with Crippen LogP contribution >= 0.6 is 0 Å². The molecule has 0 saturated carbocycles. The zero-order chi connectivity index (χ0) is 11.1. The van der Waals surface area contributed by atoms with Crippen LogP contribution in [0.3, 0.4) is 0 Å². The van der Waals surface area contributed by atoms with Gasteiger partial charge in [0.1, 0.15) is 12.2 Å². The van der Waals surface area contributed by atoms with Crippen molar-refractivity contribution in [3.8, 4) is 0 Å². The van der Waals surface area contributed by atoms with Gasteiger partial charge in [-0.3, -0.25) is 0 Å². The molecule has 2 rings (SSSR count). The van der Waals surface area contributed by atoms with Crippen LogP contribution in [-0.2, 0) is 18.9 Å². The van der Waals surface area contributed by atoms with E-state index < -0.39 is 0 Å². The normalized spacial score (nSPS) is 27.0. The standard InChI is InChI=1S/C12H22O4/c1(3-5-13-7-11-9-15-11)2-4-6-14-8-12-10-16-12/h11-12H,1-10H2/i7+2,8+2,9+2,10+2,11+2,12+2. The second-order valence-electron chi connectivity index (χ2n) is 4.47. The Hall–Kier alpha value is -0.160. The van der Waals surface area contributed by atoms with E-state index in [9.17, 15) is 0 Å². The molecule has 0 aromatic heterocycles. The van der Waals surface area contributed by atoms with Gasteiger partial charge in [0.2, 0.25) is 0 Å². The largest absolute Gasteiger partial charge is 0.379 e. The van der Waals surface area contributed by atoms with Crippen molar-refractivity contribution in [1.29, 1.82) is 0 Å². The fourth-order valence-corrected chi connectivity index (χ4v) is 1.52. The van der Waals surface area contributed by atoms with Crippen LogP contribution in [0.1, 0.15) is 25.7 Å². The van der Waals surface area contributed by atoms with Crippen LogP contribution in [-0.4, -0.2) is 51.8 Å². The fraction of sp³-hybridized carbons (Fsp3) is 1.00. The Morgan fingerprint density at radius 2 is 1.25 bits per heavy atom. The molecule has 0 aliphatic carbocycles. The maximum atomic E-state index is 5.45. The minimum absolute atomic E-state index is 0.401. The Labute approximate surface area is 97.2 Å². The SMILES string of the molecule is C(CCCO[14CH2][14CH]1[14CH2]O1)CCO[14CH2][14CH]1[14CH2]O1. The van der Waals surface area contributed by atoms with Gasteiger partial charge in [0.05, 0.1) is 26.4 Å². The summed E-state index contributed by atoms with van der Waals surface area (Å²) in [5.74, 6) is 0. The van der Waals surface area contributed by atoms with E-state index in [1.807, 2.05) is 0 Å². The topological polar surface area (TPSA) is 43.5 Å². The zero-order valence-corrected chi connectivity index (χ0v) is 9.86. The van der Waals surface area contributed by atoms with Gasteiger partial charge in [0.15, 0.2) is 0 Å². The van der Waals surface area contributed by atoms with E-state index in [4.69, 9.17) is 18.9 Å². The maximum Gasteiger partial charge on any atom is 0.104 e. The highest BCUT2D eigenvalue weighted by Gasteiger charge is 2.22. The first kappa shape index (κ1) is 12.3. The Bertz CT molecular complexity index is 158. The molecule has 4 nitrogen and oxygen atoms in total. The third-order valence-electron chi connectivity index (χ3n) is 2.74. The molecule has 2 aliphatic rings. The fourth-order valence-electron chi connectivity index (χ4n) is 1.52. The molecule has 4 heteroatoms. The summed E-state index contributed by atoms with van der Waals surface area (Å²) in [5.41, 5.74) is 0. The number of hydrogen-bond donors (Lipinski definition) is 0. The van der Waals surface area contributed by atoms with Gasteiger partial charge in [-0.05, 0) is 12.8 Å². The van der Waals surface area contributed by atoms with Gasteiger partial charge >= 0.3 is 0 Å². The minimum Gasteiger partial charge on any atom is -0.379 e. The highest BCUT2D eigenvalue weighted by molar-refractivity contribution is 4.67. The lowest BCUT2D eigenvalue weighted by Gasteiger charge is -2.03. The Balaban J connectivity index is 1.22. The lowest BCUT2D eigenvalue weighted by Crippen LogP contribution is -2.04. The molecular formula is C12H22O4. The Morgan fingerprint density at radius 3 is 1.62 bits per heavy atom. The average Bonchev–Trinajstić information content (AvgIpc) is 3.14. The summed E-state index contributed by atoms with van der Waals surface area (Å²) in [6.45, 7) is 5.09. The first-order valence-electron chi connectivity index (χ1n) is 6.34. The van der Waals surface area contributed by atoms with E-state index in [-0.39, 0.29) is 0 Å². The summed E-state index contributed by atoms with van der Waals surface area (Å²) in [4.78, 5) is 0. The second-order valence-corrected chi connectivity index (χ2v) is 4.47. The second kappa shape index (κ2) is 7.22. The quantitative estimate of drug-likeness (QED) is 0.405. The number of unbranched alkanes of at least 4 members (excludes halogenated alkanes) is 3. The highest BCUT2D eigenvalue weighted by atomic mass is 17.1. The predicted octanol–water partition coefficient (Wildman–Crippen LogP) is 1.38. The van der Waals surface area contributed by atoms with Gasteiger partial charge in [0.25, 0.3) is 0 Å². The van der Waals surface area contributed by atoms with Crippen molar-refractivity contribution in [2.75, 3.05) is 39.6 Å². The summed E-state index contributed by atoms with van der Waals surface area (Å²) >= 11 is 0. The molecule has 0 aromatic rings. The molecule has 2 atom stereocenters. The van der Waals surface area contributed by atoms with Crippen LogP contribution in [0.5, 0.6) is 0 Å². The van der Waals surface area contributed by atoms with E-state index in [0.29, 0.717) is 12.2 Å². The molecule has 2 heterocycles. The average molecular weight is 242 g/mol. The molecule has 16 heavy (non-hydrogen) atoms. The lowest BCUT2D eigenvalue weighted by atomic mass is 10.2. The summed E-state index contributed by atoms with van der Waals surface area (Å²) in [6.07, 6.45) is 5.57. The molecule has 0 N–H and O–H groups in total. The molecule has 2 aliphatic heterocycles. The van der Waals surface area contributed by atoms with E-state index >= 15 is 0 Å². The number of hydrogen-bond acceptors (Lipinski definition) is 4. The van der Waals surface area contributed by atoms with Gasteiger partial charge in [-0.1, -0.05) is 12.8 Å². The highest BCUT2D eigenvalue weighted by Crippen LogP contribution is 2.10. The Morgan fingerprint density at radius 1 is 0.812 bits per heavy atom. The summed E-state index contributed by atoms with van der Waals surface area (Å²) in [6, 6.07) is 0. The zero-order valence-electron chi connectivity index (χ0n) is 9.86. The van der Waals surface area contributed by atoms with Crippen molar-refractivity contribution < 1.29 is 18.9 Å². The molecule has 0 bridgehead atoms. The van der Waals surface area contributed by atoms with Gasteiger partial charge in [0, 0.05) is 13.2 Å². The summed E-state index contributed by atoms with van der Waals surface area (Å²) in [5, 5.41) is 0. The summed E-state index contributed by atoms with van der Waals surface area (Å²) < 4.78 is 21.0. The van der Waals surface area contributed by atoms with Gasteiger partial charge in [-0.25, -0.2) is 0 Å². The van der Waals surface area contributed by atoms with Crippen LogP contribution < -0.4 is 0 Å². The molecule has 2 fully saturated rings. The third-order valence-corrected chi connectivity index (χ3v) is 2.74. The Kier molecular flexibility index (Phi) is 5.55. The van der Waals surface area contributed by atoms with E-state index in [1.54, 1.807) is 0 Å². The first-order valence-corrected chi connectivity index (χ1v) is 6.34. The summed E-state index contributed by atoms with van der Waals surface area (Å²) in [7, 11) is 0. The number of rotatable bonds is 11. The maximum absolute atomic E-state index is 5.45. The van der Waals surface area contributed by atoms with Crippen LogP contribution in [0, 0.1) is 0 Å². The minimum atomic E-state index is 0.401.